The molecular weight excluding hydrogens is 254 g/mol. The zero-order chi connectivity index (χ0) is 14.1. The average molecular weight is 268 g/mol. The van der Waals surface area contributed by atoms with Gasteiger partial charge in [0, 0.05) is 18.7 Å². The number of nitrogens with zero attached hydrogens (tertiary/aromatic N) is 1. The van der Waals surface area contributed by atoms with Gasteiger partial charge in [0.2, 0.25) is 5.91 Å². The molecule has 1 N–H and O–H groups in total. The average Bonchev–Trinajstić information content (AvgIpc) is 2.39. The second kappa shape index (κ2) is 8.16. The van der Waals surface area contributed by atoms with E-state index in [1.165, 1.54) is 0 Å². The minimum atomic E-state index is -2.48. The van der Waals surface area contributed by atoms with Crippen molar-refractivity contribution in [2.24, 2.45) is 0 Å². The van der Waals surface area contributed by atoms with Gasteiger partial charge in [0.1, 0.15) is 6.61 Å². The fourth-order valence-corrected chi connectivity index (χ4v) is 1.36. The molecule has 0 atom stereocenters. The molecule has 0 bridgehead atoms. The third kappa shape index (κ3) is 6.48. The number of anilines is 1. The van der Waals surface area contributed by atoms with Crippen LogP contribution in [0, 0.1) is 11.3 Å². The first-order chi connectivity index (χ1) is 9.11. The van der Waals surface area contributed by atoms with Crippen LogP contribution < -0.4 is 5.32 Å². The molecule has 4 nitrogen and oxygen atoms in total. The molecule has 1 rings (SSSR count). The topological polar surface area (TPSA) is 62.1 Å². The van der Waals surface area contributed by atoms with Gasteiger partial charge in [0.25, 0.3) is 6.43 Å². The molecule has 1 aromatic carbocycles. The van der Waals surface area contributed by atoms with Gasteiger partial charge in [0.05, 0.1) is 11.6 Å². The van der Waals surface area contributed by atoms with Crippen LogP contribution in [0.4, 0.5) is 14.5 Å². The van der Waals surface area contributed by atoms with E-state index in [1.807, 2.05) is 6.07 Å². The largest absolute Gasteiger partial charge is 0.376 e. The Morgan fingerprint density at radius 1 is 1.37 bits per heavy atom. The molecule has 1 amide bonds. The number of amides is 1. The number of ether oxygens (including phenoxy) is 1. The van der Waals surface area contributed by atoms with Crippen LogP contribution in [-0.2, 0) is 9.53 Å². The third-order valence-corrected chi connectivity index (χ3v) is 2.23. The highest BCUT2D eigenvalue weighted by Crippen LogP contribution is 2.09. The van der Waals surface area contributed by atoms with Crippen LogP contribution in [0.2, 0.25) is 0 Å². The Labute approximate surface area is 110 Å². The van der Waals surface area contributed by atoms with Gasteiger partial charge in [-0.1, -0.05) is 0 Å². The number of hydrogen-bond donors (Lipinski definition) is 1. The van der Waals surface area contributed by atoms with Crippen LogP contribution in [0.3, 0.4) is 0 Å². The highest BCUT2D eigenvalue weighted by molar-refractivity contribution is 5.90. The van der Waals surface area contributed by atoms with Crippen molar-refractivity contribution in [3.63, 3.8) is 0 Å². The number of alkyl halides is 2. The SMILES string of the molecule is N#Cc1ccc(NC(=O)CCCOCC(F)F)cc1. The van der Waals surface area contributed by atoms with Crippen molar-refractivity contribution in [1.29, 1.82) is 5.26 Å². The van der Waals surface area contributed by atoms with E-state index in [4.69, 9.17) is 5.26 Å². The summed E-state index contributed by atoms with van der Waals surface area (Å²) >= 11 is 0. The maximum absolute atomic E-state index is 11.7. The summed E-state index contributed by atoms with van der Waals surface area (Å²) in [5.74, 6) is -0.217. The van der Waals surface area contributed by atoms with Gasteiger partial charge in [-0.05, 0) is 30.7 Å². The van der Waals surface area contributed by atoms with Crippen molar-refractivity contribution < 1.29 is 18.3 Å². The van der Waals surface area contributed by atoms with Crippen LogP contribution in [0.15, 0.2) is 24.3 Å². The van der Waals surface area contributed by atoms with E-state index in [1.54, 1.807) is 24.3 Å². The minimum absolute atomic E-state index is 0.130. The molecule has 0 saturated heterocycles. The summed E-state index contributed by atoms with van der Waals surface area (Å²) in [6.45, 7) is -0.470. The fraction of sp³-hybridized carbons (Fsp3) is 0.385. The van der Waals surface area contributed by atoms with E-state index in [2.05, 4.69) is 10.1 Å². The van der Waals surface area contributed by atoms with Crippen LogP contribution in [-0.4, -0.2) is 25.5 Å². The lowest BCUT2D eigenvalue weighted by Crippen LogP contribution is -2.13. The molecule has 102 valence electrons. The van der Waals surface area contributed by atoms with Gasteiger partial charge in [-0.2, -0.15) is 5.26 Å². The molecule has 0 saturated carbocycles. The summed E-state index contributed by atoms with van der Waals surface area (Å²) in [5, 5.41) is 11.3. The molecule has 19 heavy (non-hydrogen) atoms. The summed E-state index contributed by atoms with van der Waals surface area (Å²) in [7, 11) is 0. The van der Waals surface area contributed by atoms with Crippen LogP contribution >= 0.6 is 0 Å². The second-order valence-corrected chi connectivity index (χ2v) is 3.81. The molecule has 6 heteroatoms. The van der Waals surface area contributed by atoms with Crippen LogP contribution in [0.5, 0.6) is 0 Å². The van der Waals surface area contributed by atoms with Gasteiger partial charge in [0.15, 0.2) is 0 Å². The number of nitriles is 1. The second-order valence-electron chi connectivity index (χ2n) is 3.81. The van der Waals surface area contributed by atoms with Gasteiger partial charge in [-0.15, -0.1) is 0 Å². The van der Waals surface area contributed by atoms with E-state index in [0.29, 0.717) is 17.7 Å². The van der Waals surface area contributed by atoms with E-state index in [9.17, 15) is 13.6 Å². The first-order valence-electron chi connectivity index (χ1n) is 5.77. The number of nitrogens with one attached hydrogen (secondary N) is 1. The van der Waals surface area contributed by atoms with Crippen molar-refractivity contribution >= 4 is 11.6 Å². The number of halogens is 2. The summed E-state index contributed by atoms with van der Waals surface area (Å²) < 4.78 is 28.1. The molecule has 0 aliphatic carbocycles. The number of carbonyl (C=O) groups excluding carboxylic acids is 1. The molecule has 0 aromatic heterocycles. The monoisotopic (exact) mass is 268 g/mol. The Bertz CT molecular complexity index is 441. The van der Waals surface area contributed by atoms with Crippen LogP contribution in [0.25, 0.3) is 0 Å². The maximum Gasteiger partial charge on any atom is 0.261 e. The zero-order valence-electron chi connectivity index (χ0n) is 10.2. The Morgan fingerprint density at radius 3 is 2.63 bits per heavy atom. The highest BCUT2D eigenvalue weighted by atomic mass is 19.3. The van der Waals surface area contributed by atoms with Gasteiger partial charge in [-0.25, -0.2) is 8.78 Å². The minimum Gasteiger partial charge on any atom is -0.376 e. The molecule has 0 radical (unpaired) electrons. The van der Waals surface area contributed by atoms with Crippen LogP contribution in [0.1, 0.15) is 18.4 Å². The van der Waals surface area contributed by atoms with Crippen molar-refractivity contribution in [2.45, 2.75) is 19.3 Å². The molecule has 0 aliphatic rings. The van der Waals surface area contributed by atoms with Crippen molar-refractivity contribution in [3.8, 4) is 6.07 Å². The molecule has 1 aromatic rings. The van der Waals surface area contributed by atoms with Gasteiger partial charge < -0.3 is 10.1 Å². The van der Waals surface area contributed by atoms with Gasteiger partial charge >= 0.3 is 0 Å². The first kappa shape index (κ1) is 15.1. The lowest BCUT2D eigenvalue weighted by molar-refractivity contribution is -0.116. The third-order valence-electron chi connectivity index (χ3n) is 2.23. The molecule has 0 aliphatic heterocycles. The predicted octanol–water partition coefficient (Wildman–Crippen LogP) is 2.56. The first-order valence-corrected chi connectivity index (χ1v) is 5.77. The maximum atomic E-state index is 11.7. The Morgan fingerprint density at radius 2 is 2.05 bits per heavy atom. The lowest BCUT2D eigenvalue weighted by atomic mass is 10.2. The fourth-order valence-electron chi connectivity index (χ4n) is 1.36. The zero-order valence-corrected chi connectivity index (χ0v) is 10.2. The summed E-state index contributed by atoms with van der Waals surface area (Å²) in [6.07, 6.45) is -1.90. The number of benzene rings is 1. The van der Waals surface area contributed by atoms with Gasteiger partial charge in [-0.3, -0.25) is 4.79 Å². The summed E-state index contributed by atoms with van der Waals surface area (Å²) in [4.78, 5) is 11.5. The van der Waals surface area contributed by atoms with E-state index in [0.717, 1.165) is 0 Å². The van der Waals surface area contributed by atoms with E-state index < -0.39 is 13.0 Å². The number of carbonyl (C=O) groups is 1. The smallest absolute Gasteiger partial charge is 0.261 e. The Hall–Kier alpha value is -2.00. The molecule has 0 heterocycles. The van der Waals surface area contributed by atoms with E-state index >= 15 is 0 Å². The molecular formula is C13H14F2N2O2. The number of hydrogen-bond acceptors (Lipinski definition) is 3. The Balaban J connectivity index is 2.22. The predicted molar refractivity (Wildman–Crippen MR) is 65.8 cm³/mol. The highest BCUT2D eigenvalue weighted by Gasteiger charge is 2.04. The molecule has 0 spiro atoms. The number of rotatable bonds is 7. The standard InChI is InChI=1S/C13H14F2N2O2/c14-12(15)9-19-7-1-2-13(18)17-11-5-3-10(8-16)4-6-11/h3-6,12H,1-2,7,9H2,(H,17,18). The summed E-state index contributed by atoms with van der Waals surface area (Å²) in [6, 6.07) is 8.43. The summed E-state index contributed by atoms with van der Waals surface area (Å²) in [5.41, 5.74) is 1.11. The quantitative estimate of drug-likeness (QED) is 0.773. The molecule has 0 unspecified atom stereocenters. The van der Waals surface area contributed by atoms with Crippen molar-refractivity contribution in [2.75, 3.05) is 18.5 Å². The Kier molecular flexibility index (Phi) is 6.47. The molecule has 0 fully saturated rings. The lowest BCUT2D eigenvalue weighted by Gasteiger charge is -2.05. The van der Waals surface area contributed by atoms with Crippen molar-refractivity contribution in [1.82, 2.24) is 0 Å². The van der Waals surface area contributed by atoms with Crippen molar-refractivity contribution in [3.05, 3.63) is 29.8 Å². The normalized spacial score (nSPS) is 10.2. The van der Waals surface area contributed by atoms with E-state index in [-0.39, 0.29) is 18.9 Å².